The molecule has 2 aromatic rings. The molecular weight excluding hydrogens is 442 g/mol. The van der Waals surface area contributed by atoms with Gasteiger partial charge in [-0.25, -0.2) is 16.8 Å². The minimum absolute atomic E-state index is 0.0802. The zero-order valence-corrected chi connectivity index (χ0v) is 19.3. The van der Waals surface area contributed by atoms with Crippen LogP contribution in [0.4, 0.5) is 0 Å². The molecule has 2 atom stereocenters. The topological polar surface area (TPSA) is 108 Å². The van der Waals surface area contributed by atoms with E-state index in [4.69, 9.17) is 14.2 Å². The maximum Gasteiger partial charge on any atom is 0.183 e. The van der Waals surface area contributed by atoms with Crippen LogP contribution < -0.4 is 19.5 Å². The van der Waals surface area contributed by atoms with Gasteiger partial charge in [-0.1, -0.05) is 0 Å². The molecule has 1 heterocycles. The average Bonchev–Trinajstić information content (AvgIpc) is 3.08. The van der Waals surface area contributed by atoms with Crippen LogP contribution in [0, 0.1) is 0 Å². The van der Waals surface area contributed by atoms with Crippen molar-refractivity contribution in [3.8, 4) is 17.2 Å². The molecule has 1 saturated heterocycles. The summed E-state index contributed by atoms with van der Waals surface area (Å²) in [5.74, 6) is 1.27. The van der Waals surface area contributed by atoms with Gasteiger partial charge in [-0.15, -0.1) is 0 Å². The second-order valence-corrected chi connectivity index (χ2v) is 11.6. The zero-order chi connectivity index (χ0) is 22.6. The van der Waals surface area contributed by atoms with Gasteiger partial charge in [0.1, 0.15) is 17.2 Å². The van der Waals surface area contributed by atoms with Crippen molar-refractivity contribution in [3.63, 3.8) is 0 Å². The van der Waals surface area contributed by atoms with E-state index in [9.17, 15) is 16.8 Å². The van der Waals surface area contributed by atoms with Crippen LogP contribution in [0.15, 0.2) is 47.4 Å². The minimum atomic E-state index is -3.84. The highest BCUT2D eigenvalue weighted by atomic mass is 32.2. The lowest BCUT2D eigenvalue weighted by Crippen LogP contribution is -2.44. The maximum absolute atomic E-state index is 13.2. The van der Waals surface area contributed by atoms with E-state index < -0.39 is 36.7 Å². The normalized spacial score (nSPS) is 20.4. The molecule has 1 N–H and O–H groups in total. The fourth-order valence-electron chi connectivity index (χ4n) is 3.72. The Morgan fingerprint density at radius 3 is 2.19 bits per heavy atom. The van der Waals surface area contributed by atoms with Crippen molar-refractivity contribution in [1.29, 1.82) is 0 Å². The number of benzene rings is 2. The minimum Gasteiger partial charge on any atom is -0.497 e. The van der Waals surface area contributed by atoms with Gasteiger partial charge in [-0.2, -0.15) is 0 Å². The molecule has 8 nitrogen and oxygen atoms in total. The van der Waals surface area contributed by atoms with E-state index in [2.05, 4.69) is 5.32 Å². The predicted octanol–water partition coefficient (Wildman–Crippen LogP) is 1.48. The molecule has 31 heavy (non-hydrogen) atoms. The van der Waals surface area contributed by atoms with E-state index in [1.807, 2.05) is 6.07 Å². The molecule has 2 aromatic carbocycles. The van der Waals surface area contributed by atoms with Crippen molar-refractivity contribution in [2.24, 2.45) is 0 Å². The van der Waals surface area contributed by atoms with Gasteiger partial charge in [-0.3, -0.25) is 0 Å². The monoisotopic (exact) mass is 469 g/mol. The summed E-state index contributed by atoms with van der Waals surface area (Å²) in [7, 11) is -2.69. The van der Waals surface area contributed by atoms with E-state index in [0.29, 0.717) is 30.2 Å². The quantitative estimate of drug-likeness (QED) is 0.589. The zero-order valence-electron chi connectivity index (χ0n) is 17.7. The highest BCUT2D eigenvalue weighted by molar-refractivity contribution is 7.96. The van der Waals surface area contributed by atoms with Gasteiger partial charge >= 0.3 is 0 Å². The SMILES string of the molecule is COc1ccc(S(=O)(=O)[C@H]2CS(=O)(=O)C[C@@H]2NCCc2cc(OC)ccc2OC)cc1. The Labute approximate surface area is 183 Å². The van der Waals surface area contributed by atoms with Gasteiger partial charge in [0.25, 0.3) is 0 Å². The van der Waals surface area contributed by atoms with Crippen molar-refractivity contribution in [2.75, 3.05) is 39.4 Å². The van der Waals surface area contributed by atoms with Gasteiger partial charge in [0.15, 0.2) is 19.7 Å². The average molecular weight is 470 g/mol. The van der Waals surface area contributed by atoms with Crippen LogP contribution in [0.3, 0.4) is 0 Å². The van der Waals surface area contributed by atoms with Crippen LogP contribution in [0.5, 0.6) is 17.2 Å². The molecule has 170 valence electrons. The second kappa shape index (κ2) is 9.46. The molecule has 0 spiro atoms. The highest BCUT2D eigenvalue weighted by Crippen LogP contribution is 2.28. The summed E-state index contributed by atoms with van der Waals surface area (Å²) in [6, 6.07) is 10.7. The summed E-state index contributed by atoms with van der Waals surface area (Å²) in [5.41, 5.74) is 0.879. The number of hydrogen-bond acceptors (Lipinski definition) is 8. The predicted molar refractivity (Wildman–Crippen MR) is 118 cm³/mol. The highest BCUT2D eigenvalue weighted by Gasteiger charge is 2.45. The summed E-state index contributed by atoms with van der Waals surface area (Å²) >= 11 is 0. The van der Waals surface area contributed by atoms with Crippen LogP contribution in [0.2, 0.25) is 0 Å². The summed E-state index contributed by atoms with van der Waals surface area (Å²) in [5, 5.41) is 2.09. The Hall–Kier alpha value is -2.30. The second-order valence-electron chi connectivity index (χ2n) is 7.32. The Kier molecular flexibility index (Phi) is 7.13. The first kappa shape index (κ1) is 23.4. The van der Waals surface area contributed by atoms with Gasteiger partial charge in [0.2, 0.25) is 0 Å². The summed E-state index contributed by atoms with van der Waals surface area (Å²) in [6.45, 7) is 0.387. The third-order valence-electron chi connectivity index (χ3n) is 5.38. The van der Waals surface area contributed by atoms with E-state index in [1.54, 1.807) is 38.5 Å². The molecule has 0 aliphatic carbocycles. The van der Waals surface area contributed by atoms with Crippen molar-refractivity contribution in [1.82, 2.24) is 5.32 Å². The van der Waals surface area contributed by atoms with E-state index in [1.165, 1.54) is 19.2 Å². The molecule has 0 unspecified atom stereocenters. The lowest BCUT2D eigenvalue weighted by molar-refractivity contribution is 0.398. The van der Waals surface area contributed by atoms with E-state index in [-0.39, 0.29) is 10.6 Å². The molecule has 0 amide bonds. The first-order chi connectivity index (χ1) is 14.7. The Bertz CT molecular complexity index is 1110. The Balaban J connectivity index is 1.76. The largest absolute Gasteiger partial charge is 0.497 e. The molecule has 1 aliphatic heterocycles. The number of ether oxygens (including phenoxy) is 3. The lowest BCUT2D eigenvalue weighted by Gasteiger charge is -2.20. The molecule has 3 rings (SSSR count). The number of hydrogen-bond donors (Lipinski definition) is 1. The Morgan fingerprint density at radius 1 is 0.935 bits per heavy atom. The summed E-state index contributed by atoms with van der Waals surface area (Å²) in [6.07, 6.45) is 0.520. The first-order valence-corrected chi connectivity index (χ1v) is 13.1. The van der Waals surface area contributed by atoms with Crippen molar-refractivity contribution in [3.05, 3.63) is 48.0 Å². The van der Waals surface area contributed by atoms with Gasteiger partial charge in [0, 0.05) is 6.04 Å². The smallest absolute Gasteiger partial charge is 0.183 e. The fraction of sp³-hybridized carbons (Fsp3) is 0.429. The molecule has 1 aliphatic rings. The molecule has 0 aromatic heterocycles. The molecule has 10 heteroatoms. The van der Waals surface area contributed by atoms with Crippen molar-refractivity contribution < 1.29 is 31.0 Å². The van der Waals surface area contributed by atoms with Crippen LogP contribution >= 0.6 is 0 Å². The third kappa shape index (κ3) is 5.31. The van der Waals surface area contributed by atoms with Crippen molar-refractivity contribution in [2.45, 2.75) is 22.6 Å². The number of methoxy groups -OCH3 is 3. The van der Waals surface area contributed by atoms with Gasteiger partial charge in [-0.05, 0) is 61.0 Å². The van der Waals surface area contributed by atoms with E-state index in [0.717, 1.165) is 5.56 Å². The first-order valence-electron chi connectivity index (χ1n) is 9.73. The maximum atomic E-state index is 13.2. The van der Waals surface area contributed by atoms with Crippen LogP contribution in [0.1, 0.15) is 5.56 Å². The number of nitrogens with one attached hydrogen (secondary N) is 1. The number of rotatable bonds is 9. The van der Waals surface area contributed by atoms with Gasteiger partial charge < -0.3 is 19.5 Å². The lowest BCUT2D eigenvalue weighted by atomic mass is 10.1. The van der Waals surface area contributed by atoms with Crippen LogP contribution in [0.25, 0.3) is 0 Å². The molecule has 0 radical (unpaired) electrons. The molecule has 0 bridgehead atoms. The number of sulfone groups is 2. The third-order valence-corrected chi connectivity index (χ3v) is 9.54. The molecule has 0 saturated carbocycles. The van der Waals surface area contributed by atoms with E-state index >= 15 is 0 Å². The molecule has 1 fully saturated rings. The van der Waals surface area contributed by atoms with Gasteiger partial charge in [0.05, 0.1) is 43.0 Å². The molecular formula is C21H27NO7S2. The van der Waals surface area contributed by atoms with Crippen LogP contribution in [-0.2, 0) is 26.1 Å². The van der Waals surface area contributed by atoms with Crippen LogP contribution in [-0.4, -0.2) is 67.5 Å². The summed E-state index contributed by atoms with van der Waals surface area (Å²) in [4.78, 5) is 0.0802. The standard InChI is InChI=1S/C21H27NO7S2/c1-27-16-4-7-18(8-5-16)31(25,26)21-14-30(23,24)13-19(21)22-11-10-15-12-17(28-2)6-9-20(15)29-3/h4-9,12,19,21-22H,10-11,13-14H2,1-3H3/t19-,21-/m0/s1. The summed E-state index contributed by atoms with van der Waals surface area (Å²) < 4.78 is 66.6. The Morgan fingerprint density at radius 2 is 1.58 bits per heavy atom. The van der Waals surface area contributed by atoms with Crippen molar-refractivity contribution >= 4 is 19.7 Å². The fourth-order valence-corrected chi connectivity index (χ4v) is 8.44.